The van der Waals surface area contributed by atoms with Gasteiger partial charge in [0.05, 0.1) is 12.5 Å². The Morgan fingerprint density at radius 1 is 0.628 bits per heavy atom. The Morgan fingerprint density at radius 3 is 1.44 bits per heavy atom. The molecule has 5 amide bonds. The van der Waals surface area contributed by atoms with E-state index in [0.29, 0.717) is 38.8 Å². The largest absolute Gasteiger partial charge is 0.481 e. The van der Waals surface area contributed by atoms with Crippen LogP contribution in [0.15, 0.2) is 0 Å². The molecule has 0 saturated heterocycles. The molecule has 0 saturated carbocycles. The van der Waals surface area contributed by atoms with Crippen LogP contribution < -0.4 is 44.2 Å². The van der Waals surface area contributed by atoms with E-state index < -0.39 is 78.1 Å². The minimum absolute atomic E-state index is 0.0571. The van der Waals surface area contributed by atoms with Crippen molar-refractivity contribution >= 4 is 41.5 Å². The number of unbranched alkanes of at least 4 members (excludes halogenated alkanes) is 2. The first-order valence-corrected chi connectivity index (χ1v) is 14.2. The minimum atomic E-state index is -1.72. The zero-order valence-electron chi connectivity index (χ0n) is 24.8. The highest BCUT2D eigenvalue weighted by Gasteiger charge is 2.33. The Hall–Kier alpha value is -3.83. The lowest BCUT2D eigenvalue weighted by molar-refractivity contribution is -0.143. The van der Waals surface area contributed by atoms with Crippen LogP contribution in [0.1, 0.15) is 71.6 Å². The molecule has 17 heteroatoms. The minimum Gasteiger partial charge on any atom is -0.481 e. The van der Waals surface area contributed by atoms with Crippen molar-refractivity contribution in [3.05, 3.63) is 0 Å². The number of primary amides is 1. The van der Waals surface area contributed by atoms with Gasteiger partial charge in [0.25, 0.3) is 0 Å². The predicted octanol–water partition coefficient (Wildman–Crippen LogP) is -3.01. The molecule has 14 N–H and O–H groups in total. The second kappa shape index (κ2) is 21.0. The molecule has 0 rings (SSSR count). The van der Waals surface area contributed by atoms with E-state index in [4.69, 9.17) is 22.9 Å². The van der Waals surface area contributed by atoms with E-state index in [1.807, 2.05) is 0 Å². The third-order valence-electron chi connectivity index (χ3n) is 6.49. The van der Waals surface area contributed by atoms with Gasteiger partial charge in [0, 0.05) is 6.42 Å². The number of aliphatic carboxylic acids is 2. The number of hydrogen-bond donors (Lipinski definition) is 10. The molecule has 0 aromatic heterocycles. The summed E-state index contributed by atoms with van der Waals surface area (Å²) in [4.78, 5) is 86.0. The number of carbonyl (C=O) groups is 7. The van der Waals surface area contributed by atoms with Crippen molar-refractivity contribution in [2.24, 2.45) is 28.9 Å². The molecule has 0 aliphatic heterocycles. The SMILES string of the molecule is CC(C)[C@H](N)C(=O)N[C@@H](CCCCN)C(=O)N[C@@H](CCCCN)C(=O)N[C@@H](CC(=O)O)C(=O)N[C@@H](CCC(N)=O)C(=O)O. The molecule has 0 spiro atoms. The number of carboxylic acids is 2. The lowest BCUT2D eigenvalue weighted by Gasteiger charge is -2.26. The van der Waals surface area contributed by atoms with Gasteiger partial charge in [-0.05, 0) is 64.0 Å². The summed E-state index contributed by atoms with van der Waals surface area (Å²) >= 11 is 0. The molecule has 0 aromatic rings. The number of amides is 5. The van der Waals surface area contributed by atoms with Crippen molar-refractivity contribution in [3.8, 4) is 0 Å². The maximum atomic E-state index is 13.3. The van der Waals surface area contributed by atoms with E-state index in [1.54, 1.807) is 13.8 Å². The van der Waals surface area contributed by atoms with Gasteiger partial charge >= 0.3 is 11.9 Å². The molecule has 0 heterocycles. The molecule has 0 unspecified atom stereocenters. The summed E-state index contributed by atoms with van der Waals surface area (Å²) in [5.41, 5.74) is 22.1. The first-order chi connectivity index (χ1) is 20.1. The van der Waals surface area contributed by atoms with Crippen molar-refractivity contribution in [1.29, 1.82) is 0 Å². The Morgan fingerprint density at radius 2 is 1.05 bits per heavy atom. The second-order valence-corrected chi connectivity index (χ2v) is 10.5. The fourth-order valence-electron chi connectivity index (χ4n) is 3.84. The maximum Gasteiger partial charge on any atom is 0.326 e. The number of carbonyl (C=O) groups excluding carboxylic acids is 5. The fourth-order valence-corrected chi connectivity index (χ4v) is 3.84. The monoisotopic (exact) mass is 616 g/mol. The summed E-state index contributed by atoms with van der Waals surface area (Å²) < 4.78 is 0. The summed E-state index contributed by atoms with van der Waals surface area (Å²) in [5, 5.41) is 28.2. The normalized spacial score (nSPS) is 14.5. The highest BCUT2D eigenvalue weighted by atomic mass is 16.4. The molecule has 0 bridgehead atoms. The number of hydrogen-bond acceptors (Lipinski definition) is 10. The average Bonchev–Trinajstić information content (AvgIpc) is 2.92. The third kappa shape index (κ3) is 16.4. The molecule has 0 aromatic carbocycles. The number of nitrogens with one attached hydrogen (secondary N) is 4. The van der Waals surface area contributed by atoms with Crippen LogP contribution in [0, 0.1) is 5.92 Å². The summed E-state index contributed by atoms with van der Waals surface area (Å²) in [6, 6.07) is -6.52. The van der Waals surface area contributed by atoms with Crippen LogP contribution in [0.2, 0.25) is 0 Å². The van der Waals surface area contributed by atoms with Crippen LogP contribution in [0.25, 0.3) is 0 Å². The lowest BCUT2D eigenvalue weighted by atomic mass is 10.0. The average molecular weight is 617 g/mol. The van der Waals surface area contributed by atoms with Gasteiger partial charge in [-0.25, -0.2) is 4.79 Å². The summed E-state index contributed by atoms with van der Waals surface area (Å²) in [5.74, 6) is -7.30. The number of rotatable bonds is 23. The Kier molecular flexibility index (Phi) is 19.1. The Labute approximate surface area is 250 Å². The highest BCUT2D eigenvalue weighted by Crippen LogP contribution is 2.08. The molecular formula is C26H48N8O9. The molecule has 43 heavy (non-hydrogen) atoms. The first-order valence-electron chi connectivity index (χ1n) is 14.2. The van der Waals surface area contributed by atoms with Crippen LogP contribution in [-0.2, 0) is 33.6 Å². The zero-order chi connectivity index (χ0) is 33.1. The van der Waals surface area contributed by atoms with Crippen molar-refractivity contribution in [2.75, 3.05) is 13.1 Å². The Balaban J connectivity index is 5.93. The zero-order valence-corrected chi connectivity index (χ0v) is 24.8. The van der Waals surface area contributed by atoms with Gasteiger partial charge in [-0.1, -0.05) is 13.8 Å². The lowest BCUT2D eigenvalue weighted by Crippen LogP contribution is -2.59. The van der Waals surface area contributed by atoms with Gasteiger partial charge in [0.2, 0.25) is 29.5 Å². The highest BCUT2D eigenvalue weighted by molar-refractivity contribution is 5.96. The molecular weight excluding hydrogens is 568 g/mol. The van der Waals surface area contributed by atoms with Crippen LogP contribution in [0.3, 0.4) is 0 Å². The first kappa shape index (κ1) is 39.2. The van der Waals surface area contributed by atoms with Crippen LogP contribution in [0.4, 0.5) is 0 Å². The molecule has 0 fully saturated rings. The van der Waals surface area contributed by atoms with Gasteiger partial charge in [0.15, 0.2) is 0 Å². The quantitative estimate of drug-likeness (QED) is 0.0513. The Bertz CT molecular complexity index is 963. The molecule has 0 radical (unpaired) electrons. The second-order valence-electron chi connectivity index (χ2n) is 10.5. The van der Waals surface area contributed by atoms with Crippen LogP contribution >= 0.6 is 0 Å². The van der Waals surface area contributed by atoms with Gasteiger partial charge in [-0.3, -0.25) is 28.8 Å². The predicted molar refractivity (Wildman–Crippen MR) is 155 cm³/mol. The van der Waals surface area contributed by atoms with Crippen LogP contribution in [0.5, 0.6) is 0 Å². The summed E-state index contributed by atoms with van der Waals surface area (Å²) in [6.45, 7) is 4.13. The van der Waals surface area contributed by atoms with E-state index in [9.17, 15) is 43.8 Å². The van der Waals surface area contributed by atoms with E-state index in [2.05, 4.69) is 21.3 Å². The number of nitrogens with two attached hydrogens (primary N) is 4. The molecule has 0 aliphatic carbocycles. The van der Waals surface area contributed by atoms with Crippen molar-refractivity contribution in [1.82, 2.24) is 21.3 Å². The van der Waals surface area contributed by atoms with E-state index >= 15 is 0 Å². The standard InChI is InChI=1S/C26H48N8O9/c1-14(2)21(30)25(41)32-16(8-4-6-12-28)22(38)31-15(7-3-5-11-27)23(39)34-18(13-20(36)37)24(40)33-17(26(42)43)9-10-19(29)35/h14-18,21H,3-13,27-28,30H2,1-2H3,(H2,29,35)(H,31,38)(H,32,41)(H,33,40)(H,34,39)(H,36,37)(H,42,43)/t15-,16-,17-,18-,21-/m0/s1. The topological polar surface area (TPSA) is 312 Å². The summed E-state index contributed by atoms with van der Waals surface area (Å²) in [7, 11) is 0. The molecule has 246 valence electrons. The van der Waals surface area contributed by atoms with Gasteiger partial charge < -0.3 is 54.4 Å². The fraction of sp³-hybridized carbons (Fsp3) is 0.731. The van der Waals surface area contributed by atoms with Crippen molar-refractivity contribution in [3.63, 3.8) is 0 Å². The van der Waals surface area contributed by atoms with Crippen LogP contribution in [-0.4, -0.2) is 95.0 Å². The van der Waals surface area contributed by atoms with Gasteiger partial charge in [-0.2, -0.15) is 0 Å². The third-order valence-corrected chi connectivity index (χ3v) is 6.49. The van der Waals surface area contributed by atoms with Gasteiger partial charge in [0.1, 0.15) is 24.2 Å². The van der Waals surface area contributed by atoms with E-state index in [-0.39, 0.29) is 31.6 Å². The number of carboxylic acid groups (broad SMARTS) is 2. The van der Waals surface area contributed by atoms with E-state index in [0.717, 1.165) is 0 Å². The van der Waals surface area contributed by atoms with Crippen molar-refractivity contribution < 1.29 is 43.8 Å². The maximum absolute atomic E-state index is 13.3. The van der Waals surface area contributed by atoms with E-state index in [1.165, 1.54) is 0 Å². The molecule has 17 nitrogen and oxygen atoms in total. The summed E-state index contributed by atoms with van der Waals surface area (Å²) in [6.07, 6.45) is 0.529. The molecule has 5 atom stereocenters. The molecule has 0 aliphatic rings. The van der Waals surface area contributed by atoms with Crippen molar-refractivity contribution in [2.45, 2.75) is 102 Å². The smallest absolute Gasteiger partial charge is 0.326 e. The van der Waals surface area contributed by atoms with Gasteiger partial charge in [-0.15, -0.1) is 0 Å².